The van der Waals surface area contributed by atoms with Crippen molar-refractivity contribution in [2.75, 3.05) is 28.7 Å². The van der Waals surface area contributed by atoms with Crippen LogP contribution in [0.1, 0.15) is 31.1 Å². The standard InChI is InChI=1S/C21H22FN3O5/c1-21(2,3)30-19(27)24-16-9-6-14(22)12-17(16)23-18(26)13-4-7-15(8-5-13)25-10-11-29-20(25)28/h4-9,12H,10-11H2,1-3H3,(H,23,26)(H,24,27). The minimum atomic E-state index is -0.730. The third-order valence-corrected chi connectivity index (χ3v) is 4.07. The quantitative estimate of drug-likeness (QED) is 0.772. The molecule has 0 spiro atoms. The number of benzene rings is 2. The third-order valence-electron chi connectivity index (χ3n) is 4.07. The predicted molar refractivity (Wildman–Crippen MR) is 109 cm³/mol. The van der Waals surface area contributed by atoms with Crippen LogP contribution in [0.15, 0.2) is 42.5 Å². The van der Waals surface area contributed by atoms with Gasteiger partial charge in [0.25, 0.3) is 5.91 Å². The molecule has 3 amide bonds. The highest BCUT2D eigenvalue weighted by Gasteiger charge is 2.24. The number of hydrogen-bond acceptors (Lipinski definition) is 5. The summed E-state index contributed by atoms with van der Waals surface area (Å²) in [5, 5.41) is 5.08. The molecule has 1 fully saturated rings. The second-order valence-electron chi connectivity index (χ2n) is 7.58. The number of hydrogen-bond donors (Lipinski definition) is 2. The number of carbonyl (C=O) groups is 3. The summed E-state index contributed by atoms with van der Waals surface area (Å²) in [7, 11) is 0. The first-order chi connectivity index (χ1) is 14.1. The molecular formula is C21H22FN3O5. The second kappa shape index (κ2) is 8.40. The molecule has 0 aliphatic carbocycles. The van der Waals surface area contributed by atoms with E-state index in [1.54, 1.807) is 32.9 Å². The van der Waals surface area contributed by atoms with Gasteiger partial charge in [-0.1, -0.05) is 0 Å². The predicted octanol–water partition coefficient (Wildman–Crippen LogP) is 4.38. The highest BCUT2D eigenvalue weighted by Crippen LogP contribution is 2.25. The Morgan fingerprint density at radius 1 is 1.07 bits per heavy atom. The topological polar surface area (TPSA) is 97.0 Å². The van der Waals surface area contributed by atoms with E-state index < -0.39 is 29.5 Å². The lowest BCUT2D eigenvalue weighted by Gasteiger charge is -2.20. The SMILES string of the molecule is CC(C)(C)OC(=O)Nc1ccc(F)cc1NC(=O)c1ccc(N2CCOC2=O)cc1. The van der Waals surface area contributed by atoms with Crippen molar-refractivity contribution in [3.8, 4) is 0 Å². The van der Waals surface area contributed by atoms with Gasteiger partial charge >= 0.3 is 12.2 Å². The number of amides is 3. The van der Waals surface area contributed by atoms with Crippen LogP contribution in [0, 0.1) is 5.82 Å². The smallest absolute Gasteiger partial charge is 0.414 e. The van der Waals surface area contributed by atoms with Crippen LogP contribution in [0.25, 0.3) is 0 Å². The number of nitrogens with one attached hydrogen (secondary N) is 2. The normalized spacial score (nSPS) is 13.6. The van der Waals surface area contributed by atoms with Crippen molar-refractivity contribution >= 4 is 35.2 Å². The summed E-state index contributed by atoms with van der Waals surface area (Å²) in [4.78, 5) is 37.7. The van der Waals surface area contributed by atoms with Gasteiger partial charge in [-0.2, -0.15) is 0 Å². The lowest BCUT2D eigenvalue weighted by molar-refractivity contribution is 0.0635. The molecule has 3 rings (SSSR count). The molecule has 2 aromatic rings. The van der Waals surface area contributed by atoms with Gasteiger partial charge in [0.2, 0.25) is 0 Å². The number of anilines is 3. The Balaban J connectivity index is 1.73. The van der Waals surface area contributed by atoms with Crippen molar-refractivity contribution in [2.24, 2.45) is 0 Å². The molecular weight excluding hydrogens is 393 g/mol. The fourth-order valence-electron chi connectivity index (χ4n) is 2.76. The summed E-state index contributed by atoms with van der Waals surface area (Å²) in [6.45, 7) is 5.89. The molecule has 0 saturated carbocycles. The molecule has 2 N–H and O–H groups in total. The number of cyclic esters (lactones) is 1. The van der Waals surface area contributed by atoms with Gasteiger partial charge in [0.05, 0.1) is 17.9 Å². The minimum absolute atomic E-state index is 0.0815. The summed E-state index contributed by atoms with van der Waals surface area (Å²) in [6.07, 6.45) is -1.17. The summed E-state index contributed by atoms with van der Waals surface area (Å²) in [6, 6.07) is 9.90. The number of rotatable bonds is 4. The van der Waals surface area contributed by atoms with E-state index in [4.69, 9.17) is 9.47 Å². The molecule has 2 aromatic carbocycles. The monoisotopic (exact) mass is 415 g/mol. The van der Waals surface area contributed by atoms with Crippen molar-refractivity contribution in [1.82, 2.24) is 0 Å². The van der Waals surface area contributed by atoms with Gasteiger partial charge in [0.15, 0.2) is 0 Å². The fourth-order valence-corrected chi connectivity index (χ4v) is 2.76. The van der Waals surface area contributed by atoms with E-state index in [9.17, 15) is 18.8 Å². The van der Waals surface area contributed by atoms with Crippen molar-refractivity contribution in [2.45, 2.75) is 26.4 Å². The summed E-state index contributed by atoms with van der Waals surface area (Å²) in [5.41, 5.74) is 0.455. The molecule has 1 saturated heterocycles. The van der Waals surface area contributed by atoms with E-state index in [0.717, 1.165) is 12.1 Å². The number of halogens is 1. The first-order valence-corrected chi connectivity index (χ1v) is 9.28. The van der Waals surface area contributed by atoms with Gasteiger partial charge in [-0.15, -0.1) is 0 Å². The fraction of sp³-hybridized carbons (Fsp3) is 0.286. The van der Waals surface area contributed by atoms with Crippen molar-refractivity contribution < 1.29 is 28.2 Å². The van der Waals surface area contributed by atoms with Gasteiger partial charge in [-0.05, 0) is 63.2 Å². The average molecular weight is 415 g/mol. The zero-order chi connectivity index (χ0) is 21.9. The van der Waals surface area contributed by atoms with Gasteiger partial charge < -0.3 is 14.8 Å². The zero-order valence-corrected chi connectivity index (χ0v) is 16.8. The third kappa shape index (κ3) is 5.25. The van der Waals surface area contributed by atoms with Crippen LogP contribution in [0.5, 0.6) is 0 Å². The second-order valence-corrected chi connectivity index (χ2v) is 7.58. The van der Waals surface area contributed by atoms with E-state index in [-0.39, 0.29) is 11.4 Å². The maximum Gasteiger partial charge on any atom is 0.414 e. The number of ether oxygens (including phenoxy) is 2. The minimum Gasteiger partial charge on any atom is -0.447 e. The van der Waals surface area contributed by atoms with Gasteiger partial charge in [0.1, 0.15) is 18.0 Å². The molecule has 1 aliphatic rings. The Kier molecular flexibility index (Phi) is 5.91. The highest BCUT2D eigenvalue weighted by atomic mass is 19.1. The maximum atomic E-state index is 13.7. The maximum absolute atomic E-state index is 13.7. The molecule has 0 radical (unpaired) electrons. The molecule has 0 unspecified atom stereocenters. The first kappa shape index (κ1) is 21.1. The van der Waals surface area contributed by atoms with E-state index in [0.29, 0.717) is 24.4 Å². The van der Waals surface area contributed by atoms with Crippen LogP contribution in [0.2, 0.25) is 0 Å². The Bertz CT molecular complexity index is 970. The zero-order valence-electron chi connectivity index (χ0n) is 16.8. The van der Waals surface area contributed by atoms with Crippen LogP contribution in [-0.2, 0) is 9.47 Å². The first-order valence-electron chi connectivity index (χ1n) is 9.28. The molecule has 158 valence electrons. The summed E-state index contributed by atoms with van der Waals surface area (Å²) >= 11 is 0. The molecule has 30 heavy (non-hydrogen) atoms. The average Bonchev–Trinajstić information content (AvgIpc) is 3.08. The molecule has 1 heterocycles. The van der Waals surface area contributed by atoms with Crippen molar-refractivity contribution in [1.29, 1.82) is 0 Å². The van der Waals surface area contributed by atoms with E-state index >= 15 is 0 Å². The summed E-state index contributed by atoms with van der Waals surface area (Å²) in [5.74, 6) is -1.09. The van der Waals surface area contributed by atoms with Crippen molar-refractivity contribution in [3.05, 3.63) is 53.8 Å². The lowest BCUT2D eigenvalue weighted by Crippen LogP contribution is -2.27. The molecule has 1 aliphatic heterocycles. The van der Waals surface area contributed by atoms with Gasteiger partial charge in [-0.3, -0.25) is 15.0 Å². The molecule has 0 atom stereocenters. The Morgan fingerprint density at radius 3 is 2.37 bits per heavy atom. The van der Waals surface area contributed by atoms with Gasteiger partial charge in [0, 0.05) is 11.3 Å². The number of nitrogens with zero attached hydrogens (tertiary/aromatic N) is 1. The largest absolute Gasteiger partial charge is 0.447 e. The number of carbonyl (C=O) groups excluding carboxylic acids is 3. The Labute approximate surface area is 173 Å². The summed E-state index contributed by atoms with van der Waals surface area (Å²) < 4.78 is 23.8. The Hall–Kier alpha value is -3.62. The molecule has 9 heteroatoms. The lowest BCUT2D eigenvalue weighted by atomic mass is 10.1. The Morgan fingerprint density at radius 2 is 1.77 bits per heavy atom. The van der Waals surface area contributed by atoms with Gasteiger partial charge in [-0.25, -0.2) is 14.0 Å². The molecule has 0 aromatic heterocycles. The van der Waals surface area contributed by atoms with Crippen molar-refractivity contribution in [3.63, 3.8) is 0 Å². The molecule has 0 bridgehead atoms. The highest BCUT2D eigenvalue weighted by molar-refractivity contribution is 6.07. The van der Waals surface area contributed by atoms with E-state index in [2.05, 4.69) is 10.6 Å². The van der Waals surface area contributed by atoms with Crippen LogP contribution in [-0.4, -0.2) is 36.8 Å². The molecule has 8 nitrogen and oxygen atoms in total. The van der Waals surface area contributed by atoms with Crippen LogP contribution in [0.4, 0.5) is 31.0 Å². The van der Waals surface area contributed by atoms with E-state index in [1.165, 1.54) is 23.1 Å². The van der Waals surface area contributed by atoms with Crippen LogP contribution < -0.4 is 15.5 Å². The van der Waals surface area contributed by atoms with E-state index in [1.807, 2.05) is 0 Å². The van der Waals surface area contributed by atoms with Crippen LogP contribution >= 0.6 is 0 Å². The van der Waals surface area contributed by atoms with Crippen LogP contribution in [0.3, 0.4) is 0 Å².